The Kier molecular flexibility index (Phi) is 4.58. The Morgan fingerprint density at radius 1 is 1.60 bits per heavy atom. The molecule has 1 rings (SSSR count). The van der Waals surface area contributed by atoms with Crippen LogP contribution >= 0.6 is 11.8 Å². The minimum Gasteiger partial charge on any atom is -0.396 e. The number of aryl methyl sites for hydroxylation is 1. The topological polar surface area (TPSA) is 83.0 Å². The fraction of sp³-hybridized carbons (Fsp3) is 0.400. The summed E-state index contributed by atoms with van der Waals surface area (Å²) in [7, 11) is 0. The molecule has 0 spiro atoms. The number of nitrogens with zero attached hydrogens (tertiary/aromatic N) is 1. The number of aliphatic hydroxyl groups is 1. The van der Waals surface area contributed by atoms with Crippen LogP contribution in [0.4, 0.5) is 0 Å². The Morgan fingerprint density at radius 2 is 2.33 bits per heavy atom. The molecule has 0 radical (unpaired) electrons. The van der Waals surface area contributed by atoms with E-state index < -0.39 is 0 Å². The monoisotopic (exact) mass is 225 g/mol. The molecule has 1 aromatic rings. The predicted octanol–water partition coefficient (Wildman–Crippen LogP) is 1.15. The van der Waals surface area contributed by atoms with Crippen LogP contribution in [-0.4, -0.2) is 28.3 Å². The summed E-state index contributed by atoms with van der Waals surface area (Å²) in [6.45, 7) is 2.07. The lowest BCUT2D eigenvalue weighted by molar-refractivity contribution is 0.296. The lowest BCUT2D eigenvalue weighted by atomic mass is 10.2. The lowest BCUT2D eigenvalue weighted by Gasteiger charge is -2.04. The zero-order valence-electron chi connectivity index (χ0n) is 8.66. The van der Waals surface area contributed by atoms with Crippen molar-refractivity contribution in [1.29, 1.82) is 5.41 Å². The molecule has 0 saturated carbocycles. The molecular formula is C10H15N3OS. The summed E-state index contributed by atoms with van der Waals surface area (Å²) >= 11 is 1.57. The number of hydrogen-bond donors (Lipinski definition) is 3. The van der Waals surface area contributed by atoms with E-state index in [4.69, 9.17) is 16.2 Å². The van der Waals surface area contributed by atoms with Gasteiger partial charge in [0.1, 0.15) is 5.84 Å². The fourth-order valence-corrected chi connectivity index (χ4v) is 2.01. The maximum atomic E-state index is 8.65. The molecule has 0 aliphatic carbocycles. The quantitative estimate of drug-likeness (QED) is 0.304. The largest absolute Gasteiger partial charge is 0.396 e. The van der Waals surface area contributed by atoms with Crippen LogP contribution in [0, 0.1) is 12.3 Å². The number of nitrogens with two attached hydrogens (primary N) is 1. The minimum atomic E-state index is 0.0597. The van der Waals surface area contributed by atoms with Crippen molar-refractivity contribution in [2.45, 2.75) is 18.4 Å². The Balaban J connectivity index is 2.75. The van der Waals surface area contributed by atoms with Crippen LogP contribution in [0.2, 0.25) is 0 Å². The minimum absolute atomic E-state index is 0.0597. The SMILES string of the molecule is Cc1cc(C(=N)N)cc(SCCCO)n1. The molecule has 82 valence electrons. The highest BCUT2D eigenvalue weighted by atomic mass is 32.2. The van der Waals surface area contributed by atoms with E-state index in [-0.39, 0.29) is 12.4 Å². The van der Waals surface area contributed by atoms with Crippen molar-refractivity contribution in [3.05, 3.63) is 23.4 Å². The van der Waals surface area contributed by atoms with Gasteiger partial charge in [-0.3, -0.25) is 5.41 Å². The number of thioether (sulfide) groups is 1. The summed E-state index contributed by atoms with van der Waals surface area (Å²) in [5.41, 5.74) is 6.97. The van der Waals surface area contributed by atoms with Gasteiger partial charge in [0.05, 0.1) is 5.03 Å². The molecule has 0 amide bonds. The third-order valence-corrected chi connectivity index (χ3v) is 2.79. The van der Waals surface area contributed by atoms with Gasteiger partial charge in [0.2, 0.25) is 0 Å². The van der Waals surface area contributed by atoms with Gasteiger partial charge in [-0.15, -0.1) is 11.8 Å². The Labute approximate surface area is 93.4 Å². The molecule has 5 heteroatoms. The van der Waals surface area contributed by atoms with E-state index in [2.05, 4.69) is 4.98 Å². The van der Waals surface area contributed by atoms with Gasteiger partial charge >= 0.3 is 0 Å². The Morgan fingerprint density at radius 3 is 2.93 bits per heavy atom. The summed E-state index contributed by atoms with van der Waals surface area (Å²) in [6.07, 6.45) is 0.746. The van der Waals surface area contributed by atoms with Crippen molar-refractivity contribution in [3.63, 3.8) is 0 Å². The second-order valence-corrected chi connectivity index (χ2v) is 4.29. The van der Waals surface area contributed by atoms with Crippen LogP contribution in [0.1, 0.15) is 17.7 Å². The number of nitrogen functional groups attached to an aromatic ring is 1. The zero-order chi connectivity index (χ0) is 11.3. The molecule has 15 heavy (non-hydrogen) atoms. The molecule has 4 N–H and O–H groups in total. The molecule has 0 saturated heterocycles. The summed E-state index contributed by atoms with van der Waals surface area (Å²) < 4.78 is 0. The first-order valence-corrected chi connectivity index (χ1v) is 5.69. The van der Waals surface area contributed by atoms with Gasteiger partial charge in [-0.2, -0.15) is 0 Å². The van der Waals surface area contributed by atoms with Crippen molar-refractivity contribution < 1.29 is 5.11 Å². The van der Waals surface area contributed by atoms with Crippen LogP contribution in [0.3, 0.4) is 0 Å². The van der Waals surface area contributed by atoms with E-state index in [0.717, 1.165) is 22.9 Å². The molecular weight excluding hydrogens is 210 g/mol. The Bertz CT molecular complexity index is 355. The zero-order valence-corrected chi connectivity index (χ0v) is 9.47. The number of pyridine rings is 1. The second kappa shape index (κ2) is 5.72. The number of nitrogens with one attached hydrogen (secondary N) is 1. The summed E-state index contributed by atoms with van der Waals surface area (Å²) in [5, 5.41) is 16.9. The smallest absolute Gasteiger partial charge is 0.122 e. The Hall–Kier alpha value is -1.07. The van der Waals surface area contributed by atoms with Gasteiger partial charge in [0, 0.05) is 23.6 Å². The first kappa shape index (κ1) is 12.0. The number of amidine groups is 1. The summed E-state index contributed by atoms with van der Waals surface area (Å²) in [6, 6.07) is 3.59. The average Bonchev–Trinajstić information content (AvgIpc) is 2.17. The number of hydrogen-bond acceptors (Lipinski definition) is 4. The van der Waals surface area contributed by atoms with Crippen molar-refractivity contribution in [1.82, 2.24) is 4.98 Å². The van der Waals surface area contributed by atoms with Gasteiger partial charge in [-0.25, -0.2) is 4.98 Å². The molecule has 0 aliphatic rings. The van der Waals surface area contributed by atoms with Crippen LogP contribution in [0.25, 0.3) is 0 Å². The molecule has 4 nitrogen and oxygen atoms in total. The van der Waals surface area contributed by atoms with Crippen LogP contribution in [0.5, 0.6) is 0 Å². The van der Waals surface area contributed by atoms with E-state index in [1.807, 2.05) is 6.92 Å². The third kappa shape index (κ3) is 3.89. The van der Waals surface area contributed by atoms with Gasteiger partial charge in [0.15, 0.2) is 0 Å². The van der Waals surface area contributed by atoms with Crippen LogP contribution < -0.4 is 5.73 Å². The van der Waals surface area contributed by atoms with Crippen molar-refractivity contribution >= 4 is 17.6 Å². The maximum Gasteiger partial charge on any atom is 0.122 e. The van der Waals surface area contributed by atoms with E-state index in [0.29, 0.717) is 5.56 Å². The van der Waals surface area contributed by atoms with E-state index in [9.17, 15) is 0 Å². The number of rotatable bonds is 5. The van der Waals surface area contributed by atoms with E-state index in [1.165, 1.54) is 0 Å². The normalized spacial score (nSPS) is 10.3. The highest BCUT2D eigenvalue weighted by molar-refractivity contribution is 7.99. The van der Waals surface area contributed by atoms with Gasteiger partial charge in [-0.1, -0.05) is 0 Å². The molecule has 1 aromatic heterocycles. The van der Waals surface area contributed by atoms with Crippen molar-refractivity contribution in [2.24, 2.45) is 5.73 Å². The number of aliphatic hydroxyl groups excluding tert-OH is 1. The molecule has 0 atom stereocenters. The molecule has 0 aromatic carbocycles. The lowest BCUT2D eigenvalue weighted by Crippen LogP contribution is -2.11. The standard InChI is InChI=1S/C10H15N3OS/c1-7-5-8(10(11)12)6-9(13-7)15-4-2-3-14/h5-6,14H,2-4H2,1H3,(H3,11,12). The number of aromatic nitrogens is 1. The molecule has 0 unspecified atom stereocenters. The highest BCUT2D eigenvalue weighted by Gasteiger charge is 2.02. The van der Waals surface area contributed by atoms with Gasteiger partial charge in [-0.05, 0) is 25.5 Å². The first-order valence-electron chi connectivity index (χ1n) is 4.70. The predicted molar refractivity (Wildman–Crippen MR) is 62.4 cm³/mol. The van der Waals surface area contributed by atoms with Crippen LogP contribution in [0.15, 0.2) is 17.2 Å². The van der Waals surface area contributed by atoms with Crippen molar-refractivity contribution in [3.8, 4) is 0 Å². The molecule has 1 heterocycles. The highest BCUT2D eigenvalue weighted by Crippen LogP contribution is 2.18. The van der Waals surface area contributed by atoms with Crippen LogP contribution in [-0.2, 0) is 0 Å². The molecule has 0 fully saturated rings. The average molecular weight is 225 g/mol. The second-order valence-electron chi connectivity index (χ2n) is 3.17. The summed E-state index contributed by atoms with van der Waals surface area (Å²) in [4.78, 5) is 4.32. The summed E-state index contributed by atoms with van der Waals surface area (Å²) in [5.74, 6) is 0.883. The third-order valence-electron chi connectivity index (χ3n) is 1.79. The first-order chi connectivity index (χ1) is 7.13. The van der Waals surface area contributed by atoms with E-state index >= 15 is 0 Å². The maximum absolute atomic E-state index is 8.65. The van der Waals surface area contributed by atoms with Gasteiger partial charge in [0.25, 0.3) is 0 Å². The van der Waals surface area contributed by atoms with Gasteiger partial charge < -0.3 is 10.8 Å². The molecule has 0 aliphatic heterocycles. The fourth-order valence-electron chi connectivity index (χ4n) is 1.11. The van der Waals surface area contributed by atoms with Crippen molar-refractivity contribution in [2.75, 3.05) is 12.4 Å². The van der Waals surface area contributed by atoms with E-state index in [1.54, 1.807) is 23.9 Å². The molecule has 0 bridgehead atoms.